The molecule has 0 N–H and O–H groups in total. The summed E-state index contributed by atoms with van der Waals surface area (Å²) < 4.78 is 0. The topological polar surface area (TPSA) is 37.4 Å². The van der Waals surface area contributed by atoms with E-state index in [-0.39, 0.29) is 11.8 Å². The predicted octanol–water partition coefficient (Wildman–Crippen LogP) is 1.83. The summed E-state index contributed by atoms with van der Waals surface area (Å²) in [5, 5.41) is 2.01. The van der Waals surface area contributed by atoms with Crippen LogP contribution in [0.2, 0.25) is 0 Å². The number of amides is 2. The van der Waals surface area contributed by atoms with Crippen LogP contribution in [-0.2, 0) is 16.0 Å². The van der Waals surface area contributed by atoms with E-state index in [1.165, 1.54) is 9.78 Å². The van der Waals surface area contributed by atoms with Crippen LogP contribution in [0.3, 0.4) is 0 Å². The molecule has 3 nitrogen and oxygen atoms in total. The number of imide groups is 1. The number of rotatable bonds is 3. The lowest BCUT2D eigenvalue weighted by molar-refractivity contribution is -0.147. The SMILES string of the molecule is O=C1CCCC(=O)N1CCc1cccs1. The zero-order valence-electron chi connectivity index (χ0n) is 8.44. The van der Waals surface area contributed by atoms with E-state index in [1.54, 1.807) is 11.3 Å². The fourth-order valence-corrected chi connectivity index (χ4v) is 2.42. The molecule has 1 aromatic rings. The van der Waals surface area contributed by atoms with Crippen LogP contribution in [0, 0.1) is 0 Å². The van der Waals surface area contributed by atoms with Gasteiger partial charge in [-0.2, -0.15) is 0 Å². The Hall–Kier alpha value is -1.16. The van der Waals surface area contributed by atoms with E-state index in [0.717, 1.165) is 6.42 Å². The van der Waals surface area contributed by atoms with Gasteiger partial charge in [0.2, 0.25) is 11.8 Å². The molecule has 15 heavy (non-hydrogen) atoms. The van der Waals surface area contributed by atoms with Gasteiger partial charge in [0.15, 0.2) is 0 Å². The fraction of sp³-hybridized carbons (Fsp3) is 0.455. The molecule has 2 rings (SSSR count). The maximum atomic E-state index is 11.5. The average molecular weight is 223 g/mol. The molecule has 0 unspecified atom stereocenters. The van der Waals surface area contributed by atoms with Crippen LogP contribution >= 0.6 is 11.3 Å². The second-order valence-corrected chi connectivity index (χ2v) is 4.65. The Balaban J connectivity index is 1.92. The second-order valence-electron chi connectivity index (χ2n) is 3.62. The van der Waals surface area contributed by atoms with Crippen molar-refractivity contribution in [2.75, 3.05) is 6.54 Å². The highest BCUT2D eigenvalue weighted by Crippen LogP contribution is 2.15. The summed E-state index contributed by atoms with van der Waals surface area (Å²) in [6.45, 7) is 0.540. The summed E-state index contributed by atoms with van der Waals surface area (Å²) in [6.07, 6.45) is 2.55. The maximum absolute atomic E-state index is 11.5. The lowest BCUT2D eigenvalue weighted by Crippen LogP contribution is -2.41. The Morgan fingerprint density at radius 2 is 2.00 bits per heavy atom. The van der Waals surface area contributed by atoms with Crippen LogP contribution in [0.1, 0.15) is 24.1 Å². The third-order valence-corrected chi connectivity index (χ3v) is 3.48. The Labute approximate surface area is 92.7 Å². The van der Waals surface area contributed by atoms with Crippen LogP contribution in [0.5, 0.6) is 0 Å². The number of hydrogen-bond acceptors (Lipinski definition) is 3. The van der Waals surface area contributed by atoms with Crippen molar-refractivity contribution < 1.29 is 9.59 Å². The van der Waals surface area contributed by atoms with Gasteiger partial charge in [-0.1, -0.05) is 6.07 Å². The average Bonchev–Trinajstić information content (AvgIpc) is 2.70. The molecule has 0 saturated carbocycles. The number of carbonyl (C=O) groups is 2. The van der Waals surface area contributed by atoms with Gasteiger partial charge in [-0.05, 0) is 24.3 Å². The third kappa shape index (κ3) is 2.45. The first kappa shape index (κ1) is 10.4. The third-order valence-electron chi connectivity index (χ3n) is 2.55. The fourth-order valence-electron chi connectivity index (χ4n) is 1.73. The molecule has 1 aliphatic rings. The Bertz CT molecular complexity index is 343. The van der Waals surface area contributed by atoms with Crippen LogP contribution in [-0.4, -0.2) is 23.3 Å². The number of likely N-dealkylation sites (tertiary alicyclic amines) is 1. The second kappa shape index (κ2) is 4.57. The highest BCUT2D eigenvalue weighted by Gasteiger charge is 2.25. The van der Waals surface area contributed by atoms with Crippen molar-refractivity contribution in [3.05, 3.63) is 22.4 Å². The van der Waals surface area contributed by atoms with Gasteiger partial charge in [0.1, 0.15) is 0 Å². The zero-order chi connectivity index (χ0) is 10.7. The van der Waals surface area contributed by atoms with Gasteiger partial charge in [0.25, 0.3) is 0 Å². The van der Waals surface area contributed by atoms with Crippen molar-refractivity contribution in [3.8, 4) is 0 Å². The number of hydrogen-bond donors (Lipinski definition) is 0. The van der Waals surface area contributed by atoms with E-state index >= 15 is 0 Å². The molecule has 2 heterocycles. The van der Waals surface area contributed by atoms with Gasteiger partial charge in [0.05, 0.1) is 0 Å². The van der Waals surface area contributed by atoms with Crippen LogP contribution < -0.4 is 0 Å². The smallest absolute Gasteiger partial charge is 0.229 e. The monoisotopic (exact) mass is 223 g/mol. The van der Waals surface area contributed by atoms with Gasteiger partial charge in [-0.3, -0.25) is 14.5 Å². The van der Waals surface area contributed by atoms with Crippen molar-refractivity contribution >= 4 is 23.2 Å². The largest absolute Gasteiger partial charge is 0.282 e. The normalized spacial score (nSPS) is 17.2. The molecule has 0 bridgehead atoms. The van der Waals surface area contributed by atoms with E-state index < -0.39 is 0 Å². The van der Waals surface area contributed by atoms with Gasteiger partial charge in [-0.15, -0.1) is 11.3 Å². The summed E-state index contributed by atoms with van der Waals surface area (Å²) in [5.41, 5.74) is 0. The molecule has 0 aromatic carbocycles. The number of piperidine rings is 1. The van der Waals surface area contributed by atoms with Gasteiger partial charge in [-0.25, -0.2) is 0 Å². The minimum absolute atomic E-state index is 0.0113. The van der Waals surface area contributed by atoms with Gasteiger partial charge >= 0.3 is 0 Å². The standard InChI is InChI=1S/C11H13NO2S/c13-10-4-1-5-11(14)12(10)7-6-9-3-2-8-15-9/h2-3,8H,1,4-7H2. The first-order chi connectivity index (χ1) is 7.27. The van der Waals surface area contributed by atoms with Crippen molar-refractivity contribution in [2.24, 2.45) is 0 Å². The van der Waals surface area contributed by atoms with Crippen molar-refractivity contribution in [3.63, 3.8) is 0 Å². The first-order valence-corrected chi connectivity index (χ1v) is 6.01. The maximum Gasteiger partial charge on any atom is 0.229 e. The molecule has 1 saturated heterocycles. The van der Waals surface area contributed by atoms with Crippen molar-refractivity contribution in [1.29, 1.82) is 0 Å². The quantitative estimate of drug-likeness (QED) is 0.733. The summed E-state index contributed by atoms with van der Waals surface area (Å²) in [4.78, 5) is 25.6. The van der Waals surface area contributed by atoms with E-state index in [1.807, 2.05) is 17.5 Å². The Morgan fingerprint density at radius 3 is 2.60 bits per heavy atom. The van der Waals surface area contributed by atoms with Crippen molar-refractivity contribution in [2.45, 2.75) is 25.7 Å². The molecule has 1 aromatic heterocycles. The van der Waals surface area contributed by atoms with Gasteiger partial charge < -0.3 is 0 Å². The molecule has 0 radical (unpaired) electrons. The highest BCUT2D eigenvalue weighted by molar-refractivity contribution is 7.09. The molecule has 4 heteroatoms. The van der Waals surface area contributed by atoms with Crippen LogP contribution in [0.4, 0.5) is 0 Å². The number of carbonyl (C=O) groups excluding carboxylic acids is 2. The molecule has 0 aliphatic carbocycles. The predicted molar refractivity (Wildman–Crippen MR) is 58.6 cm³/mol. The molecular weight excluding hydrogens is 210 g/mol. The Morgan fingerprint density at radius 1 is 1.27 bits per heavy atom. The van der Waals surface area contributed by atoms with E-state index in [2.05, 4.69) is 0 Å². The lowest BCUT2D eigenvalue weighted by atomic mass is 10.1. The van der Waals surface area contributed by atoms with Crippen molar-refractivity contribution in [1.82, 2.24) is 4.90 Å². The molecule has 1 fully saturated rings. The van der Waals surface area contributed by atoms with Crippen LogP contribution in [0.25, 0.3) is 0 Å². The summed E-state index contributed by atoms with van der Waals surface area (Å²) in [7, 11) is 0. The first-order valence-electron chi connectivity index (χ1n) is 5.13. The Kier molecular flexibility index (Phi) is 3.16. The minimum Gasteiger partial charge on any atom is -0.282 e. The van der Waals surface area contributed by atoms with E-state index in [9.17, 15) is 9.59 Å². The molecule has 1 aliphatic heterocycles. The summed E-state index contributed by atoms with van der Waals surface area (Å²) in [6, 6.07) is 4.02. The number of nitrogens with zero attached hydrogens (tertiary/aromatic N) is 1. The molecule has 2 amide bonds. The number of thiophene rings is 1. The van der Waals surface area contributed by atoms with Crippen LogP contribution in [0.15, 0.2) is 17.5 Å². The lowest BCUT2D eigenvalue weighted by Gasteiger charge is -2.24. The molecular formula is C11H13NO2S. The minimum atomic E-state index is -0.0113. The van der Waals surface area contributed by atoms with Gasteiger partial charge in [0, 0.05) is 24.3 Å². The summed E-state index contributed by atoms with van der Waals surface area (Å²) >= 11 is 1.66. The molecule has 80 valence electrons. The highest BCUT2D eigenvalue weighted by atomic mass is 32.1. The molecule has 0 spiro atoms. The summed E-state index contributed by atoms with van der Waals surface area (Å²) in [5.74, 6) is -0.0226. The molecule has 0 atom stereocenters. The van der Waals surface area contributed by atoms with E-state index in [4.69, 9.17) is 0 Å². The van der Waals surface area contributed by atoms with E-state index in [0.29, 0.717) is 25.8 Å². The zero-order valence-corrected chi connectivity index (χ0v) is 9.26.